The number of nitrogens with one attached hydrogen (secondary N) is 1. The molecule has 1 heterocycles. The zero-order chi connectivity index (χ0) is 14.7. The molecule has 0 bridgehead atoms. The van der Waals surface area contributed by atoms with Crippen molar-refractivity contribution in [1.82, 2.24) is 9.88 Å². The predicted octanol–water partition coefficient (Wildman–Crippen LogP) is 2.68. The number of ketones is 1. The van der Waals surface area contributed by atoms with E-state index in [1.54, 1.807) is 13.1 Å². The monoisotopic (exact) mass is 272 g/mol. The van der Waals surface area contributed by atoms with Crippen LogP contribution in [0, 0.1) is 6.92 Å². The third-order valence-electron chi connectivity index (χ3n) is 3.30. The normalized spacial score (nSPS) is 10.8. The molecule has 0 aliphatic rings. The molecule has 2 rings (SSSR count). The summed E-state index contributed by atoms with van der Waals surface area (Å²) in [6.07, 6.45) is 2.69. The first kappa shape index (κ1) is 14.3. The summed E-state index contributed by atoms with van der Waals surface area (Å²) in [4.78, 5) is 23.6. The maximum atomic E-state index is 11.8. The van der Waals surface area contributed by atoms with Gasteiger partial charge in [-0.2, -0.15) is 0 Å². The first-order chi connectivity index (χ1) is 9.52. The van der Waals surface area contributed by atoms with Crippen LogP contribution < -0.4 is 5.32 Å². The molecule has 0 saturated carbocycles. The summed E-state index contributed by atoms with van der Waals surface area (Å²) in [6.45, 7) is 6.48. The van der Waals surface area contributed by atoms with E-state index >= 15 is 0 Å². The standard InChI is InChI=1S/C16H20N2O2/c1-4-7-17-16(20)10-18-9-14(12(3)19)13-8-11(2)5-6-15(13)18/h5-6,8-9H,4,7,10H2,1-3H3,(H,17,20). The van der Waals surface area contributed by atoms with Crippen molar-refractivity contribution in [3.8, 4) is 0 Å². The van der Waals surface area contributed by atoms with Crippen molar-refractivity contribution in [2.24, 2.45) is 0 Å². The second kappa shape index (κ2) is 5.90. The number of carbonyl (C=O) groups is 2. The van der Waals surface area contributed by atoms with Gasteiger partial charge in [0.05, 0.1) is 0 Å². The lowest BCUT2D eigenvalue weighted by Crippen LogP contribution is -2.27. The zero-order valence-corrected chi connectivity index (χ0v) is 12.2. The van der Waals surface area contributed by atoms with E-state index in [4.69, 9.17) is 0 Å². The highest BCUT2D eigenvalue weighted by atomic mass is 16.2. The van der Waals surface area contributed by atoms with Crippen molar-refractivity contribution < 1.29 is 9.59 Å². The lowest BCUT2D eigenvalue weighted by Gasteiger charge is -2.06. The topological polar surface area (TPSA) is 51.1 Å². The molecule has 4 heteroatoms. The molecular weight excluding hydrogens is 252 g/mol. The van der Waals surface area contributed by atoms with Gasteiger partial charge < -0.3 is 9.88 Å². The molecule has 1 N–H and O–H groups in total. The number of hydrogen-bond donors (Lipinski definition) is 1. The van der Waals surface area contributed by atoms with Gasteiger partial charge in [-0.05, 0) is 32.4 Å². The quantitative estimate of drug-likeness (QED) is 0.851. The van der Waals surface area contributed by atoms with Crippen LogP contribution in [0.2, 0.25) is 0 Å². The Labute approximate surface area is 118 Å². The number of aromatic nitrogens is 1. The van der Waals surface area contributed by atoms with Crippen LogP contribution in [0.1, 0.15) is 36.2 Å². The smallest absolute Gasteiger partial charge is 0.239 e. The van der Waals surface area contributed by atoms with Crippen LogP contribution in [0.3, 0.4) is 0 Å². The molecule has 1 amide bonds. The Morgan fingerprint density at radius 1 is 1.30 bits per heavy atom. The SMILES string of the molecule is CCCNC(=O)Cn1cc(C(C)=O)c2cc(C)ccc21. The highest BCUT2D eigenvalue weighted by Crippen LogP contribution is 2.23. The van der Waals surface area contributed by atoms with Gasteiger partial charge in [-0.1, -0.05) is 18.6 Å². The Hall–Kier alpha value is -2.10. The highest BCUT2D eigenvalue weighted by molar-refractivity contribution is 6.07. The maximum absolute atomic E-state index is 11.8. The first-order valence-electron chi connectivity index (χ1n) is 6.90. The van der Waals surface area contributed by atoms with Gasteiger partial charge in [0.2, 0.25) is 5.91 Å². The fourth-order valence-electron chi connectivity index (χ4n) is 2.30. The summed E-state index contributed by atoms with van der Waals surface area (Å²) < 4.78 is 1.84. The van der Waals surface area contributed by atoms with Crippen molar-refractivity contribution in [3.63, 3.8) is 0 Å². The zero-order valence-electron chi connectivity index (χ0n) is 12.2. The molecule has 0 atom stereocenters. The fourth-order valence-corrected chi connectivity index (χ4v) is 2.30. The Bertz CT molecular complexity index is 656. The van der Waals surface area contributed by atoms with E-state index in [1.807, 2.05) is 36.6 Å². The Morgan fingerprint density at radius 3 is 2.70 bits per heavy atom. The van der Waals surface area contributed by atoms with Crippen LogP contribution in [0.25, 0.3) is 10.9 Å². The van der Waals surface area contributed by atoms with Gasteiger partial charge in [0.1, 0.15) is 6.54 Å². The summed E-state index contributed by atoms with van der Waals surface area (Å²) in [5.74, 6) is -0.00672. The molecule has 106 valence electrons. The molecule has 0 spiro atoms. The Balaban J connectivity index is 2.39. The molecule has 0 radical (unpaired) electrons. The van der Waals surface area contributed by atoms with Gasteiger partial charge in [-0.25, -0.2) is 0 Å². The number of aryl methyl sites for hydroxylation is 1. The van der Waals surface area contributed by atoms with Crippen molar-refractivity contribution >= 4 is 22.6 Å². The minimum absolute atomic E-state index is 0.0216. The van der Waals surface area contributed by atoms with Crippen LogP contribution >= 0.6 is 0 Å². The number of amides is 1. The summed E-state index contributed by atoms with van der Waals surface area (Å²) in [5, 5.41) is 3.77. The number of rotatable bonds is 5. The van der Waals surface area contributed by atoms with Gasteiger partial charge in [0, 0.05) is 29.2 Å². The summed E-state index contributed by atoms with van der Waals surface area (Å²) in [5.41, 5.74) is 2.70. The van der Waals surface area contributed by atoms with E-state index in [0.717, 1.165) is 22.9 Å². The second-order valence-corrected chi connectivity index (χ2v) is 5.10. The Kier molecular flexibility index (Phi) is 4.23. The van der Waals surface area contributed by atoms with Gasteiger partial charge >= 0.3 is 0 Å². The van der Waals surface area contributed by atoms with Crippen LogP contribution in [-0.4, -0.2) is 22.8 Å². The highest BCUT2D eigenvalue weighted by Gasteiger charge is 2.13. The molecule has 2 aromatic rings. The number of benzene rings is 1. The van der Waals surface area contributed by atoms with Crippen LogP contribution in [0.15, 0.2) is 24.4 Å². The maximum Gasteiger partial charge on any atom is 0.239 e. The van der Waals surface area contributed by atoms with E-state index in [-0.39, 0.29) is 18.2 Å². The summed E-state index contributed by atoms with van der Waals surface area (Å²) in [6, 6.07) is 5.95. The van der Waals surface area contributed by atoms with E-state index in [0.29, 0.717) is 12.1 Å². The molecule has 0 aliphatic heterocycles. The van der Waals surface area contributed by atoms with E-state index < -0.39 is 0 Å². The molecule has 1 aromatic heterocycles. The molecule has 0 saturated heterocycles. The lowest BCUT2D eigenvalue weighted by atomic mass is 10.1. The van der Waals surface area contributed by atoms with E-state index in [1.165, 1.54) is 0 Å². The molecule has 4 nitrogen and oxygen atoms in total. The van der Waals surface area contributed by atoms with Crippen LogP contribution in [0.4, 0.5) is 0 Å². The minimum Gasteiger partial charge on any atom is -0.355 e. The average molecular weight is 272 g/mol. The number of nitrogens with zero attached hydrogens (tertiary/aromatic N) is 1. The largest absolute Gasteiger partial charge is 0.355 e. The van der Waals surface area contributed by atoms with Crippen molar-refractivity contribution in [2.45, 2.75) is 33.7 Å². The van der Waals surface area contributed by atoms with Gasteiger partial charge in [-0.3, -0.25) is 9.59 Å². The van der Waals surface area contributed by atoms with Gasteiger partial charge in [-0.15, -0.1) is 0 Å². The molecule has 0 fully saturated rings. The van der Waals surface area contributed by atoms with Crippen molar-refractivity contribution in [1.29, 1.82) is 0 Å². The van der Waals surface area contributed by atoms with Gasteiger partial charge in [0.25, 0.3) is 0 Å². The molecule has 20 heavy (non-hydrogen) atoms. The van der Waals surface area contributed by atoms with Crippen molar-refractivity contribution in [2.75, 3.05) is 6.54 Å². The van der Waals surface area contributed by atoms with E-state index in [9.17, 15) is 9.59 Å². The number of fused-ring (bicyclic) bond motifs is 1. The fraction of sp³-hybridized carbons (Fsp3) is 0.375. The minimum atomic E-state index is -0.0283. The second-order valence-electron chi connectivity index (χ2n) is 5.10. The molecule has 1 aromatic carbocycles. The number of Topliss-reactive ketones (excluding diaryl/α,β-unsaturated/α-hetero) is 1. The van der Waals surface area contributed by atoms with Gasteiger partial charge in [0.15, 0.2) is 5.78 Å². The predicted molar refractivity (Wildman–Crippen MR) is 80.0 cm³/mol. The summed E-state index contributed by atoms with van der Waals surface area (Å²) >= 11 is 0. The molecular formula is C16H20N2O2. The Morgan fingerprint density at radius 2 is 2.05 bits per heavy atom. The van der Waals surface area contributed by atoms with Crippen LogP contribution in [-0.2, 0) is 11.3 Å². The summed E-state index contributed by atoms with van der Waals surface area (Å²) in [7, 11) is 0. The lowest BCUT2D eigenvalue weighted by molar-refractivity contribution is -0.121. The third-order valence-corrected chi connectivity index (χ3v) is 3.30. The first-order valence-corrected chi connectivity index (χ1v) is 6.90. The third kappa shape index (κ3) is 2.90. The van der Waals surface area contributed by atoms with E-state index in [2.05, 4.69) is 5.32 Å². The van der Waals surface area contributed by atoms with Crippen LogP contribution in [0.5, 0.6) is 0 Å². The number of carbonyl (C=O) groups excluding carboxylic acids is 2. The molecule has 0 aliphatic carbocycles. The van der Waals surface area contributed by atoms with Crippen molar-refractivity contribution in [3.05, 3.63) is 35.5 Å². The molecule has 0 unspecified atom stereocenters. The average Bonchev–Trinajstić information content (AvgIpc) is 2.74. The number of hydrogen-bond acceptors (Lipinski definition) is 2.